The van der Waals surface area contributed by atoms with Crippen molar-refractivity contribution < 1.29 is 9.47 Å². The van der Waals surface area contributed by atoms with E-state index >= 15 is 0 Å². The number of rotatable bonds is 5. The zero-order valence-electron chi connectivity index (χ0n) is 8.43. The van der Waals surface area contributed by atoms with E-state index < -0.39 is 0 Å². The van der Waals surface area contributed by atoms with Gasteiger partial charge in [0.15, 0.2) is 0 Å². The molecular formula is C9H15N3O2. The van der Waals surface area contributed by atoms with Crippen LogP contribution in [0.4, 0.5) is 5.82 Å². The van der Waals surface area contributed by atoms with Crippen LogP contribution in [0.15, 0.2) is 12.4 Å². The molecule has 78 valence electrons. The van der Waals surface area contributed by atoms with E-state index in [1.54, 1.807) is 0 Å². The van der Waals surface area contributed by atoms with Crippen molar-refractivity contribution in [2.75, 3.05) is 18.9 Å². The maximum atomic E-state index is 5.42. The van der Waals surface area contributed by atoms with Gasteiger partial charge in [0.1, 0.15) is 11.9 Å². The van der Waals surface area contributed by atoms with E-state index in [-0.39, 0.29) is 6.10 Å². The van der Waals surface area contributed by atoms with Crippen molar-refractivity contribution in [2.45, 2.75) is 20.0 Å². The van der Waals surface area contributed by atoms with Gasteiger partial charge in [-0.15, -0.1) is 0 Å². The normalized spacial score (nSPS) is 12.4. The summed E-state index contributed by atoms with van der Waals surface area (Å²) in [5.74, 6) is 0.848. The minimum absolute atomic E-state index is 0.0344. The van der Waals surface area contributed by atoms with Gasteiger partial charge in [-0.05, 0) is 13.8 Å². The van der Waals surface area contributed by atoms with Crippen molar-refractivity contribution >= 4 is 5.82 Å². The predicted octanol–water partition coefficient (Wildman–Crippen LogP) is 0.863. The molecule has 0 fully saturated rings. The third-order valence-electron chi connectivity index (χ3n) is 1.53. The summed E-state index contributed by atoms with van der Waals surface area (Å²) in [6.45, 7) is 5.08. The molecular weight excluding hydrogens is 182 g/mol. The number of anilines is 1. The molecule has 0 amide bonds. The molecule has 0 bridgehead atoms. The molecule has 1 heterocycles. The topological polar surface area (TPSA) is 70.3 Å². The van der Waals surface area contributed by atoms with Crippen molar-refractivity contribution in [3.05, 3.63) is 12.4 Å². The van der Waals surface area contributed by atoms with Crippen LogP contribution in [0.25, 0.3) is 0 Å². The molecule has 5 nitrogen and oxygen atoms in total. The Morgan fingerprint density at radius 2 is 2.21 bits per heavy atom. The highest BCUT2D eigenvalue weighted by Gasteiger charge is 2.04. The first-order chi connectivity index (χ1) is 6.72. The minimum Gasteiger partial charge on any atom is -0.471 e. The van der Waals surface area contributed by atoms with E-state index in [0.29, 0.717) is 24.9 Å². The fraction of sp³-hybridized carbons (Fsp3) is 0.556. The van der Waals surface area contributed by atoms with Crippen molar-refractivity contribution in [1.82, 2.24) is 9.97 Å². The second-order valence-electron chi connectivity index (χ2n) is 2.87. The lowest BCUT2D eigenvalue weighted by Crippen LogP contribution is -2.19. The Balaban J connectivity index is 2.39. The van der Waals surface area contributed by atoms with Gasteiger partial charge in [-0.1, -0.05) is 0 Å². The SMILES string of the molecule is CCOCC(C)Oc1cnc(N)cn1. The smallest absolute Gasteiger partial charge is 0.232 e. The molecule has 0 saturated carbocycles. The van der Waals surface area contributed by atoms with Crippen LogP contribution in [-0.2, 0) is 4.74 Å². The molecule has 0 radical (unpaired) electrons. The number of hydrogen-bond acceptors (Lipinski definition) is 5. The largest absolute Gasteiger partial charge is 0.471 e. The van der Waals surface area contributed by atoms with Gasteiger partial charge in [-0.2, -0.15) is 0 Å². The van der Waals surface area contributed by atoms with Gasteiger partial charge < -0.3 is 15.2 Å². The fourth-order valence-electron chi connectivity index (χ4n) is 0.911. The van der Waals surface area contributed by atoms with Crippen LogP contribution in [0.3, 0.4) is 0 Å². The van der Waals surface area contributed by atoms with Crippen molar-refractivity contribution in [1.29, 1.82) is 0 Å². The molecule has 0 saturated heterocycles. The van der Waals surface area contributed by atoms with Crippen LogP contribution in [0.5, 0.6) is 5.88 Å². The molecule has 1 rings (SSSR count). The Hall–Kier alpha value is -1.36. The zero-order valence-corrected chi connectivity index (χ0v) is 8.43. The summed E-state index contributed by atoms with van der Waals surface area (Å²) in [7, 11) is 0. The van der Waals surface area contributed by atoms with E-state index in [4.69, 9.17) is 15.2 Å². The Kier molecular flexibility index (Phi) is 4.12. The van der Waals surface area contributed by atoms with Crippen LogP contribution in [0, 0.1) is 0 Å². The summed E-state index contributed by atoms with van der Waals surface area (Å²) in [5, 5.41) is 0. The van der Waals surface area contributed by atoms with Gasteiger partial charge in [0.25, 0.3) is 0 Å². The van der Waals surface area contributed by atoms with E-state index in [1.807, 2.05) is 13.8 Å². The van der Waals surface area contributed by atoms with Gasteiger partial charge in [-0.3, -0.25) is 0 Å². The Bertz CT molecular complexity index is 263. The monoisotopic (exact) mass is 197 g/mol. The molecule has 0 aliphatic carbocycles. The summed E-state index contributed by atoms with van der Waals surface area (Å²) in [6.07, 6.45) is 2.92. The quantitative estimate of drug-likeness (QED) is 0.758. The van der Waals surface area contributed by atoms with Gasteiger partial charge >= 0.3 is 0 Å². The molecule has 5 heteroatoms. The highest BCUT2D eigenvalue weighted by molar-refractivity contribution is 5.24. The first-order valence-corrected chi connectivity index (χ1v) is 4.54. The minimum atomic E-state index is -0.0344. The Labute approximate surface area is 83.3 Å². The summed E-state index contributed by atoms with van der Waals surface area (Å²) in [4.78, 5) is 7.82. The summed E-state index contributed by atoms with van der Waals surface area (Å²) in [5.41, 5.74) is 5.38. The first-order valence-electron chi connectivity index (χ1n) is 4.54. The zero-order chi connectivity index (χ0) is 10.4. The Morgan fingerprint density at radius 3 is 2.79 bits per heavy atom. The average molecular weight is 197 g/mol. The number of hydrogen-bond donors (Lipinski definition) is 1. The molecule has 0 spiro atoms. The third kappa shape index (κ3) is 3.57. The average Bonchev–Trinajstić information content (AvgIpc) is 2.18. The number of aromatic nitrogens is 2. The van der Waals surface area contributed by atoms with Crippen molar-refractivity contribution in [3.63, 3.8) is 0 Å². The maximum absolute atomic E-state index is 5.42. The lowest BCUT2D eigenvalue weighted by molar-refractivity contribution is 0.0631. The van der Waals surface area contributed by atoms with Crippen LogP contribution in [0.2, 0.25) is 0 Å². The van der Waals surface area contributed by atoms with Gasteiger partial charge in [0.2, 0.25) is 5.88 Å². The standard InChI is InChI=1S/C9H15N3O2/c1-3-13-6-7(2)14-9-5-11-8(10)4-12-9/h4-5,7H,3,6H2,1-2H3,(H2,10,11). The number of nitrogens with zero attached hydrogens (tertiary/aromatic N) is 2. The molecule has 1 unspecified atom stereocenters. The molecule has 0 aliphatic rings. The highest BCUT2D eigenvalue weighted by atomic mass is 16.5. The number of nitrogens with two attached hydrogens (primary N) is 1. The maximum Gasteiger partial charge on any atom is 0.232 e. The first kappa shape index (κ1) is 10.7. The van der Waals surface area contributed by atoms with E-state index in [0.717, 1.165) is 0 Å². The molecule has 2 N–H and O–H groups in total. The third-order valence-corrected chi connectivity index (χ3v) is 1.53. The van der Waals surface area contributed by atoms with E-state index in [9.17, 15) is 0 Å². The van der Waals surface area contributed by atoms with E-state index in [1.165, 1.54) is 12.4 Å². The molecule has 0 aliphatic heterocycles. The summed E-state index contributed by atoms with van der Waals surface area (Å²) < 4.78 is 10.6. The van der Waals surface area contributed by atoms with Gasteiger partial charge in [-0.25, -0.2) is 9.97 Å². The van der Waals surface area contributed by atoms with Crippen molar-refractivity contribution in [2.24, 2.45) is 0 Å². The molecule has 14 heavy (non-hydrogen) atoms. The molecule has 1 aromatic heterocycles. The molecule has 0 aromatic carbocycles. The number of nitrogen functional groups attached to an aromatic ring is 1. The predicted molar refractivity (Wildman–Crippen MR) is 53.0 cm³/mol. The van der Waals surface area contributed by atoms with Crippen LogP contribution >= 0.6 is 0 Å². The fourth-order valence-corrected chi connectivity index (χ4v) is 0.911. The summed E-state index contributed by atoms with van der Waals surface area (Å²) in [6, 6.07) is 0. The highest BCUT2D eigenvalue weighted by Crippen LogP contribution is 2.07. The van der Waals surface area contributed by atoms with Crippen LogP contribution in [0.1, 0.15) is 13.8 Å². The van der Waals surface area contributed by atoms with E-state index in [2.05, 4.69) is 9.97 Å². The number of ether oxygens (including phenoxy) is 2. The Morgan fingerprint density at radius 1 is 1.43 bits per heavy atom. The van der Waals surface area contributed by atoms with Crippen LogP contribution < -0.4 is 10.5 Å². The molecule has 1 atom stereocenters. The lowest BCUT2D eigenvalue weighted by Gasteiger charge is -2.12. The van der Waals surface area contributed by atoms with Crippen molar-refractivity contribution in [3.8, 4) is 5.88 Å². The molecule has 1 aromatic rings. The van der Waals surface area contributed by atoms with Gasteiger partial charge in [0.05, 0.1) is 19.0 Å². The second kappa shape index (κ2) is 5.39. The lowest BCUT2D eigenvalue weighted by atomic mass is 10.4. The summed E-state index contributed by atoms with van der Waals surface area (Å²) >= 11 is 0. The second-order valence-corrected chi connectivity index (χ2v) is 2.87. The van der Waals surface area contributed by atoms with Gasteiger partial charge in [0, 0.05) is 6.61 Å². The van der Waals surface area contributed by atoms with Crippen LogP contribution in [-0.4, -0.2) is 29.3 Å².